The number of carbonyl (C=O) groups excluding carboxylic acids is 1. The van der Waals surface area contributed by atoms with E-state index in [9.17, 15) is 9.59 Å². The van der Waals surface area contributed by atoms with E-state index < -0.39 is 0 Å². The molecule has 1 aromatic carbocycles. The van der Waals surface area contributed by atoms with Crippen LogP contribution in [0.5, 0.6) is 0 Å². The molecule has 2 aromatic rings. The van der Waals surface area contributed by atoms with Gasteiger partial charge in [-0.3, -0.25) is 19.1 Å². The molecule has 3 rings (SSSR count). The molecule has 1 aromatic heterocycles. The quantitative estimate of drug-likeness (QED) is 0.684. The van der Waals surface area contributed by atoms with Gasteiger partial charge < -0.3 is 5.32 Å². The smallest absolute Gasteiger partial charge is 0.261 e. The Morgan fingerprint density at radius 2 is 2.03 bits per heavy atom. The lowest BCUT2D eigenvalue weighted by Gasteiger charge is -2.38. The molecule has 1 aliphatic rings. The number of nitrogens with one attached hydrogen (secondary N) is 1. The van der Waals surface area contributed by atoms with E-state index in [1.807, 2.05) is 12.1 Å². The van der Waals surface area contributed by atoms with E-state index in [2.05, 4.69) is 51.9 Å². The number of halogens is 1. The standard InChI is InChI=1S/C22H31BrN4O2/c1-15(2)20(26-9-6-16(3)7-10-26)13-24-21(28)8-11-27-14-25-19-5-4-17(23)12-18(19)22(27)29/h4-5,12,14-16,20H,6-11,13H2,1-3H3,(H,24,28). The number of amides is 1. The van der Waals surface area contributed by atoms with E-state index in [-0.39, 0.29) is 17.9 Å². The number of hydrogen-bond acceptors (Lipinski definition) is 4. The van der Waals surface area contributed by atoms with E-state index in [0.717, 1.165) is 23.5 Å². The summed E-state index contributed by atoms with van der Waals surface area (Å²) in [5, 5.41) is 3.64. The van der Waals surface area contributed by atoms with Crippen molar-refractivity contribution < 1.29 is 4.79 Å². The molecule has 0 saturated carbocycles. The van der Waals surface area contributed by atoms with Gasteiger partial charge in [0.05, 0.1) is 17.2 Å². The van der Waals surface area contributed by atoms with Crippen LogP contribution in [0.4, 0.5) is 0 Å². The van der Waals surface area contributed by atoms with Crippen LogP contribution in [-0.4, -0.2) is 46.0 Å². The summed E-state index contributed by atoms with van der Waals surface area (Å²) in [5.74, 6) is 1.25. The van der Waals surface area contributed by atoms with Gasteiger partial charge in [-0.15, -0.1) is 0 Å². The number of aromatic nitrogens is 2. The number of aryl methyl sites for hydroxylation is 1. The largest absolute Gasteiger partial charge is 0.354 e. The number of fused-ring (bicyclic) bond motifs is 1. The zero-order valence-electron chi connectivity index (χ0n) is 17.5. The van der Waals surface area contributed by atoms with Crippen LogP contribution < -0.4 is 10.9 Å². The zero-order chi connectivity index (χ0) is 21.0. The maximum atomic E-state index is 12.6. The van der Waals surface area contributed by atoms with Crippen LogP contribution in [0.1, 0.15) is 40.0 Å². The Kier molecular flexibility index (Phi) is 7.46. The van der Waals surface area contributed by atoms with Gasteiger partial charge in [-0.05, 0) is 56.0 Å². The van der Waals surface area contributed by atoms with E-state index in [4.69, 9.17) is 0 Å². The fourth-order valence-corrected chi connectivity index (χ4v) is 4.33. The minimum absolute atomic E-state index is 0.0257. The van der Waals surface area contributed by atoms with Crippen molar-refractivity contribution in [1.29, 1.82) is 0 Å². The van der Waals surface area contributed by atoms with Crippen LogP contribution in [-0.2, 0) is 11.3 Å². The van der Waals surface area contributed by atoms with Gasteiger partial charge in [0.2, 0.25) is 5.91 Å². The molecule has 0 radical (unpaired) electrons. The molecule has 0 aliphatic carbocycles. The Bertz CT molecular complexity index is 903. The second kappa shape index (κ2) is 9.85. The highest BCUT2D eigenvalue weighted by molar-refractivity contribution is 9.10. The zero-order valence-corrected chi connectivity index (χ0v) is 19.1. The minimum Gasteiger partial charge on any atom is -0.354 e. The van der Waals surface area contributed by atoms with Gasteiger partial charge in [-0.25, -0.2) is 4.98 Å². The SMILES string of the molecule is CC1CCN(C(CNC(=O)CCn2cnc3ccc(Br)cc3c2=O)C(C)C)CC1. The summed E-state index contributed by atoms with van der Waals surface area (Å²) >= 11 is 3.39. The van der Waals surface area contributed by atoms with Crippen molar-refractivity contribution in [2.45, 2.75) is 52.6 Å². The molecule has 0 bridgehead atoms. The summed E-state index contributed by atoms with van der Waals surface area (Å²) in [4.78, 5) is 31.9. The molecule has 1 fully saturated rings. The first-order valence-electron chi connectivity index (χ1n) is 10.5. The normalized spacial score (nSPS) is 17.0. The maximum Gasteiger partial charge on any atom is 0.261 e. The molecule has 1 atom stereocenters. The summed E-state index contributed by atoms with van der Waals surface area (Å²) in [6, 6.07) is 5.80. The van der Waals surface area contributed by atoms with Crippen LogP contribution in [0.2, 0.25) is 0 Å². The molecule has 29 heavy (non-hydrogen) atoms. The third-order valence-corrected chi connectivity index (χ3v) is 6.42. The Balaban J connectivity index is 1.56. The first-order chi connectivity index (χ1) is 13.8. The van der Waals surface area contributed by atoms with Crippen molar-refractivity contribution in [2.75, 3.05) is 19.6 Å². The van der Waals surface area contributed by atoms with Crippen LogP contribution in [0.15, 0.2) is 33.8 Å². The van der Waals surface area contributed by atoms with E-state index >= 15 is 0 Å². The maximum absolute atomic E-state index is 12.6. The minimum atomic E-state index is -0.119. The van der Waals surface area contributed by atoms with Crippen molar-refractivity contribution >= 4 is 32.7 Å². The van der Waals surface area contributed by atoms with Gasteiger partial charge in [0, 0.05) is 30.0 Å². The summed E-state index contributed by atoms with van der Waals surface area (Å²) in [6.45, 7) is 9.93. The molecule has 1 amide bonds. The van der Waals surface area contributed by atoms with Crippen molar-refractivity contribution in [3.05, 3.63) is 39.4 Å². The van der Waals surface area contributed by atoms with Crippen LogP contribution in [0, 0.1) is 11.8 Å². The van der Waals surface area contributed by atoms with Gasteiger partial charge in [0.25, 0.3) is 5.56 Å². The number of piperidine rings is 1. The molecule has 6 nitrogen and oxygen atoms in total. The number of likely N-dealkylation sites (tertiary alicyclic amines) is 1. The summed E-state index contributed by atoms with van der Waals surface area (Å²) in [6.07, 6.45) is 4.25. The van der Waals surface area contributed by atoms with Crippen LogP contribution in [0.25, 0.3) is 10.9 Å². The third-order valence-electron chi connectivity index (χ3n) is 5.93. The molecular weight excluding hydrogens is 432 g/mol. The first-order valence-corrected chi connectivity index (χ1v) is 11.3. The van der Waals surface area contributed by atoms with Gasteiger partial charge in [0.15, 0.2) is 0 Å². The van der Waals surface area contributed by atoms with Crippen molar-refractivity contribution in [3.8, 4) is 0 Å². The molecule has 1 saturated heterocycles. The van der Waals surface area contributed by atoms with Crippen LogP contribution in [0.3, 0.4) is 0 Å². The van der Waals surface area contributed by atoms with Crippen molar-refractivity contribution in [3.63, 3.8) is 0 Å². The van der Waals surface area contributed by atoms with E-state index in [0.29, 0.717) is 36.0 Å². The van der Waals surface area contributed by atoms with Gasteiger partial charge in [0.1, 0.15) is 0 Å². The molecule has 7 heteroatoms. The molecule has 2 heterocycles. The van der Waals surface area contributed by atoms with E-state index in [1.165, 1.54) is 23.7 Å². The average molecular weight is 463 g/mol. The Labute approximate surface area is 180 Å². The summed E-state index contributed by atoms with van der Waals surface area (Å²) < 4.78 is 2.35. The number of nitrogens with zero attached hydrogens (tertiary/aromatic N) is 3. The fourth-order valence-electron chi connectivity index (χ4n) is 3.97. The fraction of sp³-hybridized carbons (Fsp3) is 0.591. The molecule has 158 valence electrons. The molecule has 0 spiro atoms. The second-order valence-electron chi connectivity index (χ2n) is 8.49. The first kappa shape index (κ1) is 22.0. The monoisotopic (exact) mass is 462 g/mol. The van der Waals surface area contributed by atoms with E-state index in [1.54, 1.807) is 6.07 Å². The number of carbonyl (C=O) groups is 1. The predicted molar refractivity (Wildman–Crippen MR) is 120 cm³/mol. The molecule has 1 N–H and O–H groups in total. The number of hydrogen-bond donors (Lipinski definition) is 1. The second-order valence-corrected chi connectivity index (χ2v) is 9.40. The average Bonchev–Trinajstić information content (AvgIpc) is 2.69. The summed E-state index contributed by atoms with van der Waals surface area (Å²) in [5.41, 5.74) is 0.543. The Morgan fingerprint density at radius 3 is 2.72 bits per heavy atom. The van der Waals surface area contributed by atoms with Gasteiger partial charge in [-0.1, -0.05) is 36.7 Å². The summed E-state index contributed by atoms with van der Waals surface area (Å²) in [7, 11) is 0. The van der Waals surface area contributed by atoms with Crippen molar-refractivity contribution in [2.24, 2.45) is 11.8 Å². The number of rotatable bonds is 7. The van der Waals surface area contributed by atoms with Crippen molar-refractivity contribution in [1.82, 2.24) is 19.8 Å². The van der Waals surface area contributed by atoms with Gasteiger partial charge in [-0.2, -0.15) is 0 Å². The highest BCUT2D eigenvalue weighted by atomic mass is 79.9. The molecular formula is C22H31BrN4O2. The third kappa shape index (κ3) is 5.66. The van der Waals surface area contributed by atoms with Gasteiger partial charge >= 0.3 is 0 Å². The lowest BCUT2D eigenvalue weighted by molar-refractivity contribution is -0.121. The lowest BCUT2D eigenvalue weighted by Crippen LogP contribution is -2.49. The Morgan fingerprint density at radius 1 is 1.31 bits per heavy atom. The molecule has 1 unspecified atom stereocenters. The number of benzene rings is 1. The predicted octanol–water partition coefficient (Wildman–Crippen LogP) is 3.42. The Hall–Kier alpha value is -1.73. The van der Waals surface area contributed by atoms with Crippen LogP contribution >= 0.6 is 15.9 Å². The highest BCUT2D eigenvalue weighted by Crippen LogP contribution is 2.21. The topological polar surface area (TPSA) is 67.2 Å². The lowest BCUT2D eigenvalue weighted by atomic mass is 9.94. The highest BCUT2D eigenvalue weighted by Gasteiger charge is 2.25. The molecule has 1 aliphatic heterocycles.